The third-order valence-corrected chi connectivity index (χ3v) is 5.57. The van der Waals surface area contributed by atoms with Gasteiger partial charge >= 0.3 is 0 Å². The van der Waals surface area contributed by atoms with Gasteiger partial charge in [0.15, 0.2) is 0 Å². The number of rotatable bonds is 5. The van der Waals surface area contributed by atoms with Crippen LogP contribution in [0.3, 0.4) is 0 Å². The van der Waals surface area contributed by atoms with Crippen LogP contribution in [-0.2, 0) is 20.5 Å². The first kappa shape index (κ1) is 16.4. The van der Waals surface area contributed by atoms with Crippen molar-refractivity contribution in [3.05, 3.63) is 35.4 Å². The SMILES string of the molecule is CC1OCCC1(C)NS(=O)(=O)Cc1cccc(C(N)=S)c1. The number of thiocarbonyl (C=S) groups is 1. The molecule has 2 atom stereocenters. The van der Waals surface area contributed by atoms with Crippen LogP contribution < -0.4 is 10.5 Å². The highest BCUT2D eigenvalue weighted by Crippen LogP contribution is 2.26. The van der Waals surface area contributed by atoms with E-state index in [1.54, 1.807) is 24.3 Å². The third-order valence-electron chi connectivity index (χ3n) is 3.84. The molecular formula is C14H20N2O3S2. The van der Waals surface area contributed by atoms with E-state index >= 15 is 0 Å². The molecule has 2 rings (SSSR count). The molecule has 0 aliphatic carbocycles. The summed E-state index contributed by atoms with van der Waals surface area (Å²) >= 11 is 4.91. The van der Waals surface area contributed by atoms with Crippen LogP contribution in [0, 0.1) is 0 Å². The zero-order chi connectivity index (χ0) is 15.7. The van der Waals surface area contributed by atoms with E-state index in [4.69, 9.17) is 22.7 Å². The van der Waals surface area contributed by atoms with E-state index in [0.717, 1.165) is 0 Å². The first-order valence-electron chi connectivity index (χ1n) is 6.74. The van der Waals surface area contributed by atoms with Gasteiger partial charge in [-0.3, -0.25) is 0 Å². The van der Waals surface area contributed by atoms with Crippen molar-refractivity contribution in [1.29, 1.82) is 0 Å². The van der Waals surface area contributed by atoms with Gasteiger partial charge in [-0.2, -0.15) is 0 Å². The van der Waals surface area contributed by atoms with Crippen molar-refractivity contribution >= 4 is 27.2 Å². The number of nitrogens with one attached hydrogen (secondary N) is 1. The monoisotopic (exact) mass is 328 g/mol. The maximum Gasteiger partial charge on any atom is 0.216 e. The molecule has 21 heavy (non-hydrogen) atoms. The van der Waals surface area contributed by atoms with Crippen LogP contribution in [-0.4, -0.2) is 31.7 Å². The maximum atomic E-state index is 12.4. The van der Waals surface area contributed by atoms with Gasteiger partial charge in [0.05, 0.1) is 17.4 Å². The van der Waals surface area contributed by atoms with E-state index < -0.39 is 15.6 Å². The normalized spacial score (nSPS) is 25.9. The fourth-order valence-corrected chi connectivity index (χ4v) is 4.19. The third kappa shape index (κ3) is 4.00. The molecule has 1 fully saturated rings. The van der Waals surface area contributed by atoms with Gasteiger partial charge in [-0.25, -0.2) is 13.1 Å². The van der Waals surface area contributed by atoms with Crippen molar-refractivity contribution in [2.24, 2.45) is 5.73 Å². The van der Waals surface area contributed by atoms with Crippen LogP contribution in [0.4, 0.5) is 0 Å². The van der Waals surface area contributed by atoms with Crippen molar-refractivity contribution < 1.29 is 13.2 Å². The van der Waals surface area contributed by atoms with Crippen molar-refractivity contribution in [2.45, 2.75) is 37.7 Å². The lowest BCUT2D eigenvalue weighted by atomic mass is 9.97. The molecule has 1 aliphatic heterocycles. The molecule has 0 aromatic heterocycles. The van der Waals surface area contributed by atoms with Crippen molar-refractivity contribution in [1.82, 2.24) is 4.72 Å². The molecule has 0 amide bonds. The molecule has 5 nitrogen and oxygen atoms in total. The van der Waals surface area contributed by atoms with Crippen molar-refractivity contribution in [3.8, 4) is 0 Å². The van der Waals surface area contributed by atoms with E-state index in [0.29, 0.717) is 24.2 Å². The molecule has 1 aliphatic rings. The van der Waals surface area contributed by atoms with Crippen molar-refractivity contribution in [3.63, 3.8) is 0 Å². The van der Waals surface area contributed by atoms with Crippen molar-refractivity contribution in [2.75, 3.05) is 6.61 Å². The Morgan fingerprint density at radius 1 is 1.57 bits per heavy atom. The molecule has 116 valence electrons. The maximum absolute atomic E-state index is 12.4. The zero-order valence-corrected chi connectivity index (χ0v) is 13.8. The number of hydrogen-bond donors (Lipinski definition) is 2. The summed E-state index contributed by atoms with van der Waals surface area (Å²) in [6, 6.07) is 6.97. The largest absolute Gasteiger partial charge is 0.389 e. The molecule has 0 radical (unpaired) electrons. The lowest BCUT2D eigenvalue weighted by molar-refractivity contribution is 0.0957. The lowest BCUT2D eigenvalue weighted by Crippen LogP contribution is -2.50. The summed E-state index contributed by atoms with van der Waals surface area (Å²) in [5, 5.41) is 0. The molecule has 1 heterocycles. The molecular weight excluding hydrogens is 308 g/mol. The second kappa shape index (κ2) is 6.00. The van der Waals surface area contributed by atoms with Crippen LogP contribution in [0.25, 0.3) is 0 Å². The van der Waals surface area contributed by atoms with E-state index in [1.807, 2.05) is 13.8 Å². The van der Waals surface area contributed by atoms with Crippen LogP contribution in [0.2, 0.25) is 0 Å². The Balaban J connectivity index is 2.14. The highest BCUT2D eigenvalue weighted by Gasteiger charge is 2.40. The minimum Gasteiger partial charge on any atom is -0.389 e. The Morgan fingerprint density at radius 2 is 2.29 bits per heavy atom. The minimum absolute atomic E-state index is 0.105. The van der Waals surface area contributed by atoms with Gasteiger partial charge in [0.2, 0.25) is 10.0 Å². The van der Waals surface area contributed by atoms with Crippen LogP contribution >= 0.6 is 12.2 Å². The predicted molar refractivity (Wildman–Crippen MR) is 86.5 cm³/mol. The standard InChI is InChI=1S/C14H20N2O3S2/c1-10-14(2,6-7-19-10)16-21(17,18)9-11-4-3-5-12(8-11)13(15)20/h3-5,8,10,16H,6-7,9H2,1-2H3,(H2,15,20). The highest BCUT2D eigenvalue weighted by atomic mass is 32.2. The first-order valence-corrected chi connectivity index (χ1v) is 8.80. The fourth-order valence-electron chi connectivity index (χ4n) is 2.39. The van der Waals surface area contributed by atoms with E-state index in [9.17, 15) is 8.42 Å². The van der Waals surface area contributed by atoms with Gasteiger partial charge in [0, 0.05) is 12.2 Å². The molecule has 0 spiro atoms. The Morgan fingerprint density at radius 3 is 2.86 bits per heavy atom. The topological polar surface area (TPSA) is 81.4 Å². The van der Waals surface area contributed by atoms with Gasteiger partial charge in [0.25, 0.3) is 0 Å². The molecule has 7 heteroatoms. The average molecular weight is 328 g/mol. The summed E-state index contributed by atoms with van der Waals surface area (Å²) in [5.41, 5.74) is 6.34. The summed E-state index contributed by atoms with van der Waals surface area (Å²) in [7, 11) is -3.47. The summed E-state index contributed by atoms with van der Waals surface area (Å²) in [6.45, 7) is 4.31. The minimum atomic E-state index is -3.47. The molecule has 0 bridgehead atoms. The number of benzene rings is 1. The van der Waals surface area contributed by atoms with Crippen LogP contribution in [0.5, 0.6) is 0 Å². The van der Waals surface area contributed by atoms with Crippen LogP contribution in [0.1, 0.15) is 31.4 Å². The summed E-state index contributed by atoms with van der Waals surface area (Å²) < 4.78 is 32.9. The Kier molecular flexibility index (Phi) is 4.67. The molecule has 2 unspecified atom stereocenters. The highest BCUT2D eigenvalue weighted by molar-refractivity contribution is 7.88. The van der Waals surface area contributed by atoms with Gasteiger partial charge in [-0.05, 0) is 31.9 Å². The van der Waals surface area contributed by atoms with Gasteiger partial charge in [0.1, 0.15) is 4.99 Å². The second-order valence-electron chi connectivity index (χ2n) is 5.61. The fraction of sp³-hybridized carbons (Fsp3) is 0.500. The van der Waals surface area contributed by atoms with E-state index in [1.165, 1.54) is 0 Å². The Hall–Kier alpha value is -1.02. The van der Waals surface area contributed by atoms with E-state index in [-0.39, 0.29) is 16.8 Å². The number of nitrogens with two attached hydrogens (primary N) is 1. The van der Waals surface area contributed by atoms with E-state index in [2.05, 4.69) is 4.72 Å². The molecule has 1 saturated heterocycles. The smallest absolute Gasteiger partial charge is 0.216 e. The first-order chi connectivity index (χ1) is 9.72. The van der Waals surface area contributed by atoms with Gasteiger partial charge < -0.3 is 10.5 Å². The van der Waals surface area contributed by atoms with Gasteiger partial charge in [-0.15, -0.1) is 0 Å². The second-order valence-corrected chi connectivity index (χ2v) is 7.77. The molecule has 1 aromatic rings. The molecule has 1 aromatic carbocycles. The predicted octanol–water partition coefficient (Wildman–Crippen LogP) is 1.31. The summed E-state index contributed by atoms with van der Waals surface area (Å²) in [6.07, 6.45) is 0.524. The number of hydrogen-bond acceptors (Lipinski definition) is 4. The van der Waals surface area contributed by atoms with Gasteiger partial charge in [-0.1, -0.05) is 30.4 Å². The average Bonchev–Trinajstić information content (AvgIpc) is 2.67. The summed E-state index contributed by atoms with van der Waals surface area (Å²) in [4.78, 5) is 0.256. The quantitative estimate of drug-likeness (QED) is 0.797. The molecule has 0 saturated carbocycles. The Labute approximate surface area is 130 Å². The van der Waals surface area contributed by atoms with Crippen LogP contribution in [0.15, 0.2) is 24.3 Å². The Bertz CT molecular complexity index is 645. The number of sulfonamides is 1. The zero-order valence-electron chi connectivity index (χ0n) is 12.1. The number of ether oxygens (including phenoxy) is 1. The summed E-state index contributed by atoms with van der Waals surface area (Å²) in [5.74, 6) is -0.105. The lowest BCUT2D eigenvalue weighted by Gasteiger charge is -2.28. The molecule has 3 N–H and O–H groups in total.